The molecule has 3 rings (SSSR count). The minimum Gasteiger partial charge on any atom is -0.465 e. The Hall–Kier alpha value is -1.63. The van der Waals surface area contributed by atoms with E-state index in [0.717, 1.165) is 30.1 Å². The van der Waals surface area contributed by atoms with Crippen molar-refractivity contribution in [3.05, 3.63) is 10.6 Å². The summed E-state index contributed by atoms with van der Waals surface area (Å²) in [5.41, 5.74) is 0.876. The van der Waals surface area contributed by atoms with E-state index in [1.807, 2.05) is 6.92 Å². The second-order valence-electron chi connectivity index (χ2n) is 5.35. The first-order valence-corrected chi connectivity index (χ1v) is 8.18. The third-order valence-corrected chi connectivity index (χ3v) is 4.94. The summed E-state index contributed by atoms with van der Waals surface area (Å²) in [6.45, 7) is 2.85. The first kappa shape index (κ1) is 14.3. The maximum atomic E-state index is 11.9. The topological polar surface area (TPSA) is 80.3 Å². The van der Waals surface area contributed by atoms with Crippen LogP contribution in [0.25, 0.3) is 0 Å². The second kappa shape index (κ2) is 6.01. The van der Waals surface area contributed by atoms with Crippen LogP contribution in [-0.2, 0) is 20.7 Å². The fourth-order valence-electron chi connectivity index (χ4n) is 2.79. The van der Waals surface area contributed by atoms with E-state index in [9.17, 15) is 9.59 Å². The van der Waals surface area contributed by atoms with E-state index < -0.39 is 0 Å². The van der Waals surface area contributed by atoms with Crippen molar-refractivity contribution >= 4 is 28.3 Å². The number of nitrogens with zero attached hydrogens (tertiary/aromatic N) is 1. The van der Waals surface area contributed by atoms with Gasteiger partial charge in [-0.2, -0.15) is 0 Å². The molecule has 2 N–H and O–H groups in total. The maximum absolute atomic E-state index is 11.9. The quantitative estimate of drug-likeness (QED) is 0.822. The standard InChI is InChI=1S/C14H19N3O3S/c1-2-20-13(19)9-4-5-10-12(9)17-14(21-10)16-8-3-6-11(18)15-7-8/h8-9H,2-7H2,1H3,(H,15,18)(H,16,17). The van der Waals surface area contributed by atoms with Crippen molar-refractivity contribution in [1.29, 1.82) is 0 Å². The molecule has 1 aliphatic carbocycles. The van der Waals surface area contributed by atoms with Crippen LogP contribution in [0.4, 0.5) is 5.13 Å². The molecule has 1 aromatic rings. The van der Waals surface area contributed by atoms with Crippen molar-refractivity contribution < 1.29 is 14.3 Å². The molecule has 0 bridgehead atoms. The van der Waals surface area contributed by atoms with Gasteiger partial charge in [0.2, 0.25) is 5.91 Å². The van der Waals surface area contributed by atoms with Crippen molar-refractivity contribution in [1.82, 2.24) is 10.3 Å². The molecule has 0 saturated carbocycles. The zero-order chi connectivity index (χ0) is 14.8. The number of nitrogens with one attached hydrogen (secondary N) is 2. The molecular weight excluding hydrogens is 290 g/mol. The van der Waals surface area contributed by atoms with Crippen molar-refractivity contribution in [3.8, 4) is 0 Å². The van der Waals surface area contributed by atoms with E-state index in [1.54, 1.807) is 11.3 Å². The molecule has 2 unspecified atom stereocenters. The van der Waals surface area contributed by atoms with E-state index in [1.165, 1.54) is 4.88 Å². The van der Waals surface area contributed by atoms with Gasteiger partial charge >= 0.3 is 5.97 Å². The average molecular weight is 309 g/mol. The lowest BCUT2D eigenvalue weighted by molar-refractivity contribution is -0.145. The number of thiazole rings is 1. The van der Waals surface area contributed by atoms with E-state index in [0.29, 0.717) is 19.6 Å². The van der Waals surface area contributed by atoms with Crippen LogP contribution in [0.1, 0.15) is 42.7 Å². The van der Waals surface area contributed by atoms with E-state index in [2.05, 4.69) is 15.6 Å². The Morgan fingerprint density at radius 2 is 2.33 bits per heavy atom. The normalized spacial score (nSPS) is 24.3. The van der Waals surface area contributed by atoms with Gasteiger partial charge in [0.25, 0.3) is 0 Å². The summed E-state index contributed by atoms with van der Waals surface area (Å²) in [6, 6.07) is 0.218. The van der Waals surface area contributed by atoms with Gasteiger partial charge in [0, 0.05) is 23.9 Å². The van der Waals surface area contributed by atoms with Crippen molar-refractivity contribution in [2.75, 3.05) is 18.5 Å². The van der Waals surface area contributed by atoms with Crippen molar-refractivity contribution in [2.24, 2.45) is 0 Å². The molecule has 1 aromatic heterocycles. The molecule has 0 aromatic carbocycles. The van der Waals surface area contributed by atoms with Crippen LogP contribution in [0, 0.1) is 0 Å². The Labute approximate surface area is 127 Å². The maximum Gasteiger partial charge on any atom is 0.315 e. The number of aromatic nitrogens is 1. The van der Waals surface area contributed by atoms with Crippen LogP contribution in [-0.4, -0.2) is 36.1 Å². The number of esters is 1. The van der Waals surface area contributed by atoms with Gasteiger partial charge in [0.15, 0.2) is 5.13 Å². The fourth-order valence-corrected chi connectivity index (χ4v) is 3.91. The molecule has 2 atom stereocenters. The number of anilines is 1. The number of rotatable bonds is 4. The van der Waals surface area contributed by atoms with E-state index in [4.69, 9.17) is 4.74 Å². The molecule has 0 spiro atoms. The Balaban J connectivity index is 1.66. The third kappa shape index (κ3) is 3.02. The minimum absolute atomic E-state index is 0.108. The minimum atomic E-state index is -0.210. The molecule has 114 valence electrons. The van der Waals surface area contributed by atoms with Gasteiger partial charge in [-0.1, -0.05) is 0 Å². The van der Waals surface area contributed by atoms with Gasteiger partial charge < -0.3 is 15.4 Å². The molecular formula is C14H19N3O3S. The van der Waals surface area contributed by atoms with Gasteiger partial charge in [-0.15, -0.1) is 11.3 Å². The van der Waals surface area contributed by atoms with Crippen LogP contribution in [0.3, 0.4) is 0 Å². The summed E-state index contributed by atoms with van der Waals surface area (Å²) in [5.74, 6) is -0.270. The summed E-state index contributed by atoms with van der Waals surface area (Å²) < 4.78 is 5.11. The fraction of sp³-hybridized carbons (Fsp3) is 0.643. The first-order valence-electron chi connectivity index (χ1n) is 7.37. The molecule has 6 nitrogen and oxygen atoms in total. The second-order valence-corrected chi connectivity index (χ2v) is 6.44. The van der Waals surface area contributed by atoms with Crippen LogP contribution in [0.2, 0.25) is 0 Å². The van der Waals surface area contributed by atoms with E-state index >= 15 is 0 Å². The number of hydrogen-bond acceptors (Lipinski definition) is 6. The summed E-state index contributed by atoms with van der Waals surface area (Å²) in [7, 11) is 0. The zero-order valence-electron chi connectivity index (χ0n) is 12.0. The number of hydrogen-bond donors (Lipinski definition) is 2. The highest BCUT2D eigenvalue weighted by Crippen LogP contribution is 2.39. The Kier molecular flexibility index (Phi) is 4.10. The highest BCUT2D eigenvalue weighted by molar-refractivity contribution is 7.15. The van der Waals surface area contributed by atoms with Gasteiger partial charge in [-0.3, -0.25) is 9.59 Å². The predicted molar refractivity (Wildman–Crippen MR) is 79.5 cm³/mol. The lowest BCUT2D eigenvalue weighted by Gasteiger charge is -2.23. The molecule has 1 saturated heterocycles. The average Bonchev–Trinajstić information content (AvgIpc) is 3.01. The number of aryl methyl sites for hydroxylation is 1. The number of piperidine rings is 1. The number of amides is 1. The molecule has 7 heteroatoms. The lowest BCUT2D eigenvalue weighted by atomic mass is 10.1. The van der Waals surface area contributed by atoms with Crippen LogP contribution in [0.15, 0.2) is 0 Å². The predicted octanol–water partition coefficient (Wildman–Crippen LogP) is 1.43. The highest BCUT2D eigenvalue weighted by Gasteiger charge is 2.34. The lowest BCUT2D eigenvalue weighted by Crippen LogP contribution is -2.41. The zero-order valence-corrected chi connectivity index (χ0v) is 12.8. The van der Waals surface area contributed by atoms with Gasteiger partial charge in [0.05, 0.1) is 12.3 Å². The van der Waals surface area contributed by atoms with Crippen LogP contribution < -0.4 is 10.6 Å². The Morgan fingerprint density at radius 3 is 3.05 bits per heavy atom. The van der Waals surface area contributed by atoms with Crippen LogP contribution in [0.5, 0.6) is 0 Å². The molecule has 2 heterocycles. The summed E-state index contributed by atoms with van der Waals surface area (Å²) in [5, 5.41) is 7.05. The van der Waals surface area contributed by atoms with Crippen molar-refractivity contribution in [3.63, 3.8) is 0 Å². The number of carbonyl (C=O) groups excluding carboxylic acids is 2. The number of fused-ring (bicyclic) bond motifs is 1. The molecule has 0 radical (unpaired) electrons. The number of carbonyl (C=O) groups is 2. The Bertz CT molecular complexity index is 548. The summed E-state index contributed by atoms with van der Waals surface area (Å²) in [6.07, 6.45) is 3.05. The molecule has 1 amide bonds. The molecule has 1 fully saturated rings. The monoisotopic (exact) mass is 309 g/mol. The first-order chi connectivity index (χ1) is 10.2. The Morgan fingerprint density at radius 1 is 1.48 bits per heavy atom. The number of ether oxygens (including phenoxy) is 1. The third-order valence-electron chi connectivity index (χ3n) is 3.88. The van der Waals surface area contributed by atoms with Gasteiger partial charge in [0.1, 0.15) is 5.92 Å². The largest absolute Gasteiger partial charge is 0.465 e. The summed E-state index contributed by atoms with van der Waals surface area (Å²) in [4.78, 5) is 28.8. The summed E-state index contributed by atoms with van der Waals surface area (Å²) >= 11 is 1.61. The van der Waals surface area contributed by atoms with Crippen molar-refractivity contribution in [2.45, 2.75) is 44.6 Å². The van der Waals surface area contributed by atoms with Gasteiger partial charge in [-0.05, 0) is 26.2 Å². The SMILES string of the molecule is CCOC(=O)C1CCc2sc(NC3CCC(=O)NC3)nc21. The van der Waals surface area contributed by atoms with E-state index in [-0.39, 0.29) is 23.8 Å². The van der Waals surface area contributed by atoms with Crippen LogP contribution >= 0.6 is 11.3 Å². The highest BCUT2D eigenvalue weighted by atomic mass is 32.1. The molecule has 21 heavy (non-hydrogen) atoms. The smallest absolute Gasteiger partial charge is 0.315 e. The molecule has 1 aliphatic heterocycles. The molecule has 2 aliphatic rings. The van der Waals surface area contributed by atoms with Gasteiger partial charge in [-0.25, -0.2) is 4.98 Å².